The highest BCUT2D eigenvalue weighted by atomic mass is 16.6. The van der Waals surface area contributed by atoms with Crippen LogP contribution in [0.25, 0.3) is 0 Å². The number of rotatable bonds is 5. The number of carbonyl (C=O) groups excluding carboxylic acids is 1. The molecule has 0 atom stereocenters. The van der Waals surface area contributed by atoms with E-state index in [2.05, 4.69) is 10.00 Å². The minimum absolute atomic E-state index is 0.00484. The molecule has 9 heteroatoms. The molecule has 1 saturated heterocycles. The van der Waals surface area contributed by atoms with Crippen molar-refractivity contribution in [2.24, 2.45) is 17.8 Å². The average Bonchev–Trinajstić information content (AvgIpc) is 3.43. The summed E-state index contributed by atoms with van der Waals surface area (Å²) in [5, 5.41) is 16.5. The van der Waals surface area contributed by atoms with Crippen molar-refractivity contribution in [2.75, 3.05) is 26.2 Å². The largest absolute Gasteiger partial charge is 0.468 e. The fraction of sp³-hybridized carbons (Fsp3) is 0.652. The number of furan rings is 1. The summed E-state index contributed by atoms with van der Waals surface area (Å²) in [6, 6.07) is 3.81. The number of carbonyl (C=O) groups is 1. The molecule has 4 saturated carbocycles. The molecular formula is C23H29N5O4. The van der Waals surface area contributed by atoms with Crippen LogP contribution in [0.15, 0.2) is 29.0 Å². The van der Waals surface area contributed by atoms with Crippen molar-refractivity contribution in [3.8, 4) is 0 Å². The van der Waals surface area contributed by atoms with Crippen LogP contribution in [0.5, 0.6) is 0 Å². The first-order chi connectivity index (χ1) is 15.5. The second-order valence-corrected chi connectivity index (χ2v) is 10.4. The lowest BCUT2D eigenvalue weighted by Crippen LogP contribution is -2.52. The minimum atomic E-state index is -0.440. The number of aromatic nitrogens is 2. The summed E-state index contributed by atoms with van der Waals surface area (Å²) in [6.45, 7) is 3.17. The maximum atomic E-state index is 13.3. The van der Waals surface area contributed by atoms with Crippen LogP contribution < -0.4 is 0 Å². The van der Waals surface area contributed by atoms with Gasteiger partial charge in [-0.3, -0.25) is 24.5 Å². The van der Waals surface area contributed by atoms with Crippen LogP contribution in [-0.4, -0.2) is 56.6 Å². The number of amides is 1. The van der Waals surface area contributed by atoms with Crippen molar-refractivity contribution in [3.63, 3.8) is 0 Å². The number of nitro groups is 1. The van der Waals surface area contributed by atoms with Crippen LogP contribution in [0.2, 0.25) is 0 Å². The molecule has 170 valence electrons. The van der Waals surface area contributed by atoms with Gasteiger partial charge in [0.05, 0.1) is 23.3 Å². The van der Waals surface area contributed by atoms with E-state index < -0.39 is 4.92 Å². The van der Waals surface area contributed by atoms with E-state index in [0.29, 0.717) is 50.5 Å². The quantitative estimate of drug-likeness (QED) is 0.524. The molecule has 4 aliphatic carbocycles. The molecule has 1 amide bonds. The van der Waals surface area contributed by atoms with Crippen LogP contribution in [0.1, 0.15) is 54.8 Å². The molecule has 1 aliphatic heterocycles. The van der Waals surface area contributed by atoms with Gasteiger partial charge in [-0.15, -0.1) is 0 Å². The van der Waals surface area contributed by atoms with Gasteiger partial charge in [0.15, 0.2) is 0 Å². The summed E-state index contributed by atoms with van der Waals surface area (Å²) >= 11 is 0. The van der Waals surface area contributed by atoms with Crippen LogP contribution >= 0.6 is 0 Å². The van der Waals surface area contributed by atoms with E-state index in [1.54, 1.807) is 17.4 Å². The molecule has 2 aromatic rings. The van der Waals surface area contributed by atoms with Gasteiger partial charge in [0, 0.05) is 26.2 Å². The van der Waals surface area contributed by atoms with E-state index >= 15 is 0 Å². The van der Waals surface area contributed by atoms with Gasteiger partial charge in [0.1, 0.15) is 12.0 Å². The topological polar surface area (TPSA) is 97.6 Å². The highest BCUT2D eigenvalue weighted by Crippen LogP contribution is 2.58. The molecule has 5 aliphatic rings. The van der Waals surface area contributed by atoms with E-state index in [0.717, 1.165) is 25.0 Å². The number of nitrogens with zero attached hydrogens (tertiary/aromatic N) is 5. The van der Waals surface area contributed by atoms with Gasteiger partial charge in [0.25, 0.3) is 5.91 Å². The molecule has 2 aromatic heterocycles. The van der Waals surface area contributed by atoms with Crippen LogP contribution in [-0.2, 0) is 12.1 Å². The zero-order valence-corrected chi connectivity index (χ0v) is 18.2. The molecule has 4 bridgehead atoms. The Morgan fingerprint density at radius 3 is 2.34 bits per heavy atom. The van der Waals surface area contributed by atoms with Crippen molar-refractivity contribution in [1.29, 1.82) is 0 Å². The van der Waals surface area contributed by atoms with Crippen molar-refractivity contribution >= 4 is 11.6 Å². The zero-order chi connectivity index (χ0) is 21.9. The molecule has 0 radical (unpaired) electrons. The van der Waals surface area contributed by atoms with Crippen molar-refractivity contribution in [3.05, 3.63) is 46.2 Å². The number of hydrogen-bond donors (Lipinski definition) is 0. The number of hydrogen-bond acceptors (Lipinski definition) is 6. The lowest BCUT2D eigenvalue weighted by molar-refractivity contribution is -0.385. The summed E-state index contributed by atoms with van der Waals surface area (Å²) in [7, 11) is 0. The van der Waals surface area contributed by atoms with Crippen molar-refractivity contribution in [1.82, 2.24) is 19.6 Å². The SMILES string of the molecule is O=C(c1nn(C23CC4CC(CC(C4)C2)C3)cc1[N+](=O)[O-])N1CCN(Cc2ccco2)CC1. The molecule has 0 spiro atoms. The fourth-order valence-electron chi connectivity index (χ4n) is 7.12. The third-order valence-corrected chi connectivity index (χ3v) is 8.21. The Kier molecular flexibility index (Phi) is 4.64. The summed E-state index contributed by atoms with van der Waals surface area (Å²) in [6.07, 6.45) is 10.2. The van der Waals surface area contributed by atoms with Gasteiger partial charge in [-0.2, -0.15) is 5.10 Å². The summed E-state index contributed by atoms with van der Waals surface area (Å²) in [5.41, 5.74) is -0.284. The first-order valence-corrected chi connectivity index (χ1v) is 11.8. The van der Waals surface area contributed by atoms with Gasteiger partial charge in [0.2, 0.25) is 5.69 Å². The maximum absolute atomic E-state index is 13.3. The van der Waals surface area contributed by atoms with Crippen LogP contribution in [0, 0.1) is 27.9 Å². The van der Waals surface area contributed by atoms with E-state index in [-0.39, 0.29) is 22.8 Å². The summed E-state index contributed by atoms with van der Waals surface area (Å²) in [4.78, 5) is 28.6. The monoisotopic (exact) mass is 439 g/mol. The van der Waals surface area contributed by atoms with Crippen LogP contribution in [0.4, 0.5) is 5.69 Å². The molecule has 7 rings (SSSR count). The predicted octanol–water partition coefficient (Wildman–Crippen LogP) is 3.27. The Bertz CT molecular complexity index is 986. The zero-order valence-electron chi connectivity index (χ0n) is 18.2. The lowest BCUT2D eigenvalue weighted by atomic mass is 9.53. The molecule has 3 heterocycles. The van der Waals surface area contributed by atoms with Gasteiger partial charge in [-0.05, 0) is 68.4 Å². The highest BCUT2D eigenvalue weighted by molar-refractivity contribution is 5.96. The van der Waals surface area contributed by atoms with Gasteiger partial charge >= 0.3 is 5.69 Å². The van der Waals surface area contributed by atoms with E-state index in [4.69, 9.17) is 4.42 Å². The second-order valence-electron chi connectivity index (χ2n) is 10.4. The number of piperazine rings is 1. The Hall–Kier alpha value is -2.68. The maximum Gasteiger partial charge on any atom is 0.320 e. The van der Waals surface area contributed by atoms with Crippen LogP contribution in [0.3, 0.4) is 0 Å². The second kappa shape index (κ2) is 7.43. The molecule has 32 heavy (non-hydrogen) atoms. The Morgan fingerprint density at radius 2 is 1.78 bits per heavy atom. The smallest absolute Gasteiger partial charge is 0.320 e. The summed E-state index contributed by atoms with van der Waals surface area (Å²) in [5.74, 6) is 2.68. The Labute approximate surface area is 186 Å². The first-order valence-electron chi connectivity index (χ1n) is 11.8. The predicted molar refractivity (Wildman–Crippen MR) is 115 cm³/mol. The molecule has 9 nitrogen and oxygen atoms in total. The first kappa shape index (κ1) is 20.0. The van der Waals surface area contributed by atoms with Gasteiger partial charge in [-0.1, -0.05) is 0 Å². The third kappa shape index (κ3) is 3.34. The molecule has 0 aromatic carbocycles. The Morgan fingerprint density at radius 1 is 1.12 bits per heavy atom. The van der Waals surface area contributed by atoms with Crippen molar-refractivity contribution < 1.29 is 14.1 Å². The summed E-state index contributed by atoms with van der Waals surface area (Å²) < 4.78 is 7.24. The third-order valence-electron chi connectivity index (χ3n) is 8.21. The molecule has 5 fully saturated rings. The van der Waals surface area contributed by atoms with Gasteiger partial charge in [-0.25, -0.2) is 0 Å². The van der Waals surface area contributed by atoms with E-state index in [1.165, 1.54) is 19.3 Å². The average molecular weight is 440 g/mol. The minimum Gasteiger partial charge on any atom is -0.468 e. The highest BCUT2D eigenvalue weighted by Gasteiger charge is 2.53. The Balaban J connectivity index is 1.21. The normalized spacial score (nSPS) is 31.9. The van der Waals surface area contributed by atoms with E-state index in [1.807, 2.05) is 16.8 Å². The molecule has 0 N–H and O–H groups in total. The molecular weight excluding hydrogens is 410 g/mol. The van der Waals surface area contributed by atoms with E-state index in [9.17, 15) is 14.9 Å². The van der Waals surface area contributed by atoms with Gasteiger partial charge < -0.3 is 9.32 Å². The standard InChI is InChI=1S/C23H29N5O4/c29-22(26-5-3-25(4-6-26)14-19-2-1-7-32-19)21-20(28(30)31)15-27(24-21)23-11-16-8-17(12-23)10-18(9-16)13-23/h1-2,7,15-18H,3-6,8-14H2. The lowest BCUT2D eigenvalue weighted by Gasteiger charge is -2.56. The fourth-order valence-corrected chi connectivity index (χ4v) is 7.12. The van der Waals surface area contributed by atoms with Crippen molar-refractivity contribution in [2.45, 2.75) is 50.6 Å². The molecule has 0 unspecified atom stereocenters.